The maximum Gasteiger partial charge on any atom is 0.229 e. The first-order valence-electron chi connectivity index (χ1n) is 11.3. The van der Waals surface area contributed by atoms with Crippen molar-refractivity contribution < 1.29 is 9.30 Å². The fourth-order valence-electron chi connectivity index (χ4n) is 4.84. The molecule has 9 heteroatoms. The Morgan fingerprint density at radius 3 is 2.76 bits per heavy atom. The Bertz CT molecular complexity index is 1290. The molecule has 0 amide bonds. The number of fused-ring (bicyclic) bond motifs is 2. The van der Waals surface area contributed by atoms with Gasteiger partial charge in [-0.1, -0.05) is 29.8 Å². The quantitative estimate of drug-likeness (QED) is 0.454. The number of methoxy groups -OCH3 is 1. The van der Waals surface area contributed by atoms with Gasteiger partial charge in [0.05, 0.1) is 31.8 Å². The second kappa shape index (κ2) is 8.88. The van der Waals surface area contributed by atoms with Gasteiger partial charge in [0.2, 0.25) is 5.95 Å². The van der Waals surface area contributed by atoms with Gasteiger partial charge in [-0.25, -0.2) is 4.98 Å². The standard InChI is InChI=1S/C25H29ClN5O2P/c1-30-10-9-16-12-22(33-2)20(11-17(16)14-30)28-25-27-13-19(26)24(29-25)31-15-23(34(3,4)32)18-7-5-6-8-21(18)31/h5-8,11-13,23H,9-10,14-15H2,1-4H3,(H,27,28,29). The molecule has 0 saturated carbocycles. The van der Waals surface area contributed by atoms with Crippen molar-refractivity contribution in [3.8, 4) is 5.75 Å². The molecule has 7 nitrogen and oxygen atoms in total. The third kappa shape index (κ3) is 4.28. The number of rotatable bonds is 5. The van der Waals surface area contributed by atoms with Crippen molar-refractivity contribution in [1.29, 1.82) is 0 Å². The molecule has 0 fully saturated rings. The molecule has 0 saturated heterocycles. The molecule has 0 bridgehead atoms. The first-order valence-corrected chi connectivity index (χ1v) is 14.4. The third-order valence-corrected chi connectivity index (χ3v) is 8.85. The number of para-hydroxylation sites is 1. The minimum absolute atomic E-state index is 0.0659. The van der Waals surface area contributed by atoms with Crippen LogP contribution >= 0.6 is 18.7 Å². The van der Waals surface area contributed by atoms with Crippen LogP contribution in [0.15, 0.2) is 42.6 Å². The minimum Gasteiger partial charge on any atom is -0.495 e. The van der Waals surface area contributed by atoms with E-state index >= 15 is 0 Å². The van der Waals surface area contributed by atoms with Crippen molar-refractivity contribution in [2.24, 2.45) is 0 Å². The van der Waals surface area contributed by atoms with Gasteiger partial charge in [0.25, 0.3) is 0 Å². The average molecular weight is 498 g/mol. The fraction of sp³-hybridized carbons (Fsp3) is 0.360. The number of hydrogen-bond donors (Lipinski definition) is 1. The average Bonchev–Trinajstić information content (AvgIpc) is 3.20. The molecular formula is C25H29ClN5O2P. The van der Waals surface area contributed by atoms with Crippen LogP contribution in [0.4, 0.5) is 23.1 Å². The molecule has 1 unspecified atom stereocenters. The Hall–Kier alpha value is -2.60. The van der Waals surface area contributed by atoms with Crippen molar-refractivity contribution in [2.45, 2.75) is 18.6 Å². The van der Waals surface area contributed by atoms with Crippen molar-refractivity contribution in [3.05, 3.63) is 64.3 Å². The number of nitrogens with zero attached hydrogens (tertiary/aromatic N) is 4. The number of aromatic nitrogens is 2. The highest BCUT2D eigenvalue weighted by Crippen LogP contribution is 2.59. The Kier molecular flexibility index (Phi) is 6.05. The second-order valence-corrected chi connectivity index (χ2v) is 13.3. The molecule has 2 aromatic carbocycles. The van der Waals surface area contributed by atoms with Gasteiger partial charge < -0.3 is 24.4 Å². The molecule has 0 spiro atoms. The topological polar surface area (TPSA) is 70.6 Å². The van der Waals surface area contributed by atoms with Gasteiger partial charge in [-0.15, -0.1) is 0 Å². The Morgan fingerprint density at radius 2 is 2.00 bits per heavy atom. The summed E-state index contributed by atoms with van der Waals surface area (Å²) in [5.41, 5.74) is 5.38. The summed E-state index contributed by atoms with van der Waals surface area (Å²) >= 11 is 6.58. The lowest BCUT2D eigenvalue weighted by atomic mass is 9.99. The van der Waals surface area contributed by atoms with E-state index in [1.165, 1.54) is 11.1 Å². The molecule has 3 heterocycles. The number of nitrogens with one attached hydrogen (secondary N) is 1. The number of anilines is 4. The highest BCUT2D eigenvalue weighted by Gasteiger charge is 2.37. The van der Waals surface area contributed by atoms with Crippen LogP contribution in [0.1, 0.15) is 22.3 Å². The monoisotopic (exact) mass is 497 g/mol. The van der Waals surface area contributed by atoms with Crippen LogP contribution in [-0.4, -0.2) is 55.4 Å². The van der Waals surface area contributed by atoms with Gasteiger partial charge in [0, 0.05) is 25.3 Å². The van der Waals surface area contributed by atoms with Gasteiger partial charge in [-0.2, -0.15) is 4.98 Å². The van der Waals surface area contributed by atoms with E-state index in [-0.39, 0.29) is 5.66 Å². The number of halogens is 1. The first kappa shape index (κ1) is 23.2. The summed E-state index contributed by atoms with van der Waals surface area (Å²) in [5, 5.41) is 3.79. The molecule has 1 atom stereocenters. The highest BCUT2D eigenvalue weighted by molar-refractivity contribution is 7.62. The minimum atomic E-state index is -2.38. The number of benzene rings is 2. The third-order valence-electron chi connectivity index (χ3n) is 6.65. The smallest absolute Gasteiger partial charge is 0.229 e. The molecule has 3 aromatic rings. The zero-order valence-electron chi connectivity index (χ0n) is 19.9. The first-order chi connectivity index (χ1) is 16.2. The summed E-state index contributed by atoms with van der Waals surface area (Å²) in [6.45, 7) is 6.17. The zero-order chi connectivity index (χ0) is 24.0. The van der Waals surface area contributed by atoms with E-state index in [2.05, 4.69) is 34.4 Å². The maximum atomic E-state index is 13.0. The van der Waals surface area contributed by atoms with Crippen LogP contribution in [0.2, 0.25) is 5.02 Å². The van der Waals surface area contributed by atoms with Crippen LogP contribution in [0.3, 0.4) is 0 Å². The van der Waals surface area contributed by atoms with Crippen molar-refractivity contribution in [1.82, 2.24) is 14.9 Å². The molecule has 5 rings (SSSR count). The van der Waals surface area contributed by atoms with Gasteiger partial charge in [0.1, 0.15) is 10.8 Å². The van der Waals surface area contributed by atoms with E-state index in [0.717, 1.165) is 42.2 Å². The van der Waals surface area contributed by atoms with Gasteiger partial charge >= 0.3 is 0 Å². The summed E-state index contributed by atoms with van der Waals surface area (Å²) in [6, 6.07) is 12.3. The van der Waals surface area contributed by atoms with Crippen molar-refractivity contribution in [3.63, 3.8) is 0 Å². The van der Waals surface area contributed by atoms with Gasteiger partial charge in [-0.3, -0.25) is 0 Å². The highest BCUT2D eigenvalue weighted by atomic mass is 35.5. The normalized spacial score (nSPS) is 17.9. The summed E-state index contributed by atoms with van der Waals surface area (Å²) in [4.78, 5) is 13.6. The van der Waals surface area contributed by atoms with Crippen LogP contribution < -0.4 is 15.0 Å². The molecule has 0 aliphatic carbocycles. The molecule has 0 radical (unpaired) electrons. The van der Waals surface area contributed by atoms with Gasteiger partial charge in [0.15, 0.2) is 5.82 Å². The van der Waals surface area contributed by atoms with Crippen molar-refractivity contribution >= 4 is 41.9 Å². The van der Waals surface area contributed by atoms with E-state index in [1.807, 2.05) is 42.5 Å². The number of hydrogen-bond acceptors (Lipinski definition) is 7. The SMILES string of the molecule is COc1cc2c(cc1Nc1ncc(Cl)c(N3CC(P(C)(C)=O)c4ccccc43)n1)CN(C)CC2. The molecule has 178 valence electrons. The Labute approximate surface area is 205 Å². The summed E-state index contributed by atoms with van der Waals surface area (Å²) in [5.74, 6) is 1.78. The van der Waals surface area contributed by atoms with E-state index in [9.17, 15) is 4.57 Å². The summed E-state index contributed by atoms with van der Waals surface area (Å²) < 4.78 is 18.7. The molecule has 2 aliphatic rings. The molecule has 34 heavy (non-hydrogen) atoms. The van der Waals surface area contributed by atoms with E-state index in [0.29, 0.717) is 23.3 Å². The number of likely N-dealkylation sites (N-methyl/N-ethyl adjacent to an activating group) is 1. The molecular weight excluding hydrogens is 469 g/mol. The van der Waals surface area contributed by atoms with E-state index in [4.69, 9.17) is 21.3 Å². The Morgan fingerprint density at radius 1 is 1.21 bits per heavy atom. The Balaban J connectivity index is 1.50. The lowest BCUT2D eigenvalue weighted by Gasteiger charge is -2.26. The van der Waals surface area contributed by atoms with E-state index in [1.54, 1.807) is 13.3 Å². The van der Waals surface area contributed by atoms with Crippen molar-refractivity contribution in [2.75, 3.05) is 50.8 Å². The maximum absolute atomic E-state index is 13.0. The zero-order valence-corrected chi connectivity index (χ0v) is 21.5. The fourth-order valence-corrected chi connectivity index (χ4v) is 6.48. The van der Waals surface area contributed by atoms with Gasteiger partial charge in [-0.05, 0) is 61.7 Å². The van der Waals surface area contributed by atoms with Crippen LogP contribution in [0, 0.1) is 0 Å². The predicted octanol–water partition coefficient (Wildman–Crippen LogP) is 5.69. The van der Waals surface area contributed by atoms with Crippen LogP contribution in [0.5, 0.6) is 5.75 Å². The largest absolute Gasteiger partial charge is 0.495 e. The molecule has 1 aromatic heterocycles. The van der Waals surface area contributed by atoms with Crippen LogP contribution in [-0.2, 0) is 17.5 Å². The lowest BCUT2D eigenvalue weighted by Crippen LogP contribution is -2.26. The van der Waals surface area contributed by atoms with E-state index < -0.39 is 7.14 Å². The predicted molar refractivity (Wildman–Crippen MR) is 139 cm³/mol. The molecule has 2 aliphatic heterocycles. The molecule has 1 N–H and O–H groups in total. The van der Waals surface area contributed by atoms with Crippen LogP contribution in [0.25, 0.3) is 0 Å². The lowest BCUT2D eigenvalue weighted by molar-refractivity contribution is 0.312. The second-order valence-electron chi connectivity index (χ2n) is 9.42. The summed E-state index contributed by atoms with van der Waals surface area (Å²) in [6.07, 6.45) is 2.61. The summed E-state index contributed by atoms with van der Waals surface area (Å²) in [7, 11) is 1.42. The number of ether oxygens (including phenoxy) is 1.